The molecule has 2 aromatic carbocycles. The van der Waals surface area contributed by atoms with E-state index in [2.05, 4.69) is 5.32 Å². The number of ether oxygens (including phenoxy) is 2. The summed E-state index contributed by atoms with van der Waals surface area (Å²) in [6.07, 6.45) is 0.207. The van der Waals surface area contributed by atoms with Gasteiger partial charge in [-0.2, -0.15) is 0 Å². The first-order valence-electron chi connectivity index (χ1n) is 11.7. The van der Waals surface area contributed by atoms with Gasteiger partial charge in [-0.25, -0.2) is 4.79 Å². The molecule has 0 bridgehead atoms. The Balaban J connectivity index is 1.83. The molecule has 3 N–H and O–H groups in total. The van der Waals surface area contributed by atoms with Crippen molar-refractivity contribution in [1.29, 1.82) is 0 Å². The zero-order chi connectivity index (χ0) is 25.4. The highest BCUT2D eigenvalue weighted by Gasteiger charge is 2.38. The van der Waals surface area contributed by atoms with Gasteiger partial charge in [0.25, 0.3) is 5.91 Å². The zero-order valence-corrected chi connectivity index (χ0v) is 20.0. The summed E-state index contributed by atoms with van der Waals surface area (Å²) in [7, 11) is 0. The van der Waals surface area contributed by atoms with Crippen LogP contribution in [-0.2, 0) is 36.8 Å². The Bertz CT molecular complexity index is 1070. The lowest BCUT2D eigenvalue weighted by Gasteiger charge is -2.28. The molecule has 35 heavy (non-hydrogen) atoms. The van der Waals surface area contributed by atoms with Crippen LogP contribution in [0, 0.1) is 0 Å². The van der Waals surface area contributed by atoms with Gasteiger partial charge in [0.2, 0.25) is 5.91 Å². The van der Waals surface area contributed by atoms with Crippen molar-refractivity contribution in [3.63, 3.8) is 0 Å². The number of esters is 2. The van der Waals surface area contributed by atoms with Crippen molar-refractivity contribution in [1.82, 2.24) is 10.2 Å². The molecule has 9 heteroatoms. The van der Waals surface area contributed by atoms with Gasteiger partial charge < -0.3 is 25.4 Å². The van der Waals surface area contributed by atoms with Crippen LogP contribution < -0.4 is 11.1 Å². The molecule has 0 saturated heterocycles. The molecule has 2 aromatic rings. The Morgan fingerprint density at radius 2 is 1.77 bits per heavy atom. The van der Waals surface area contributed by atoms with E-state index in [-0.39, 0.29) is 44.9 Å². The number of amides is 2. The molecule has 9 nitrogen and oxygen atoms in total. The van der Waals surface area contributed by atoms with Crippen molar-refractivity contribution >= 4 is 29.4 Å². The molecule has 3 rings (SSSR count). The van der Waals surface area contributed by atoms with Crippen LogP contribution in [0.5, 0.6) is 0 Å². The normalized spacial score (nSPS) is 14.1. The smallest absolute Gasteiger partial charge is 0.328 e. The van der Waals surface area contributed by atoms with E-state index < -0.39 is 29.9 Å². The fraction of sp³-hybridized carbons (Fsp3) is 0.385. The monoisotopic (exact) mass is 481 g/mol. The molecule has 2 atom stereocenters. The second-order valence-corrected chi connectivity index (χ2v) is 8.21. The fourth-order valence-corrected chi connectivity index (χ4v) is 4.08. The number of nitrogens with one attached hydrogen (secondary N) is 1. The third-order valence-corrected chi connectivity index (χ3v) is 5.74. The minimum atomic E-state index is -0.992. The maximum absolute atomic E-state index is 13.5. The topological polar surface area (TPSA) is 128 Å². The van der Waals surface area contributed by atoms with E-state index in [1.165, 1.54) is 4.90 Å². The van der Waals surface area contributed by atoms with Gasteiger partial charge >= 0.3 is 11.9 Å². The molecule has 0 radical (unpaired) electrons. The van der Waals surface area contributed by atoms with Crippen molar-refractivity contribution < 1.29 is 28.7 Å². The van der Waals surface area contributed by atoms with Gasteiger partial charge in [0.1, 0.15) is 12.1 Å². The Kier molecular flexibility index (Phi) is 8.83. The standard InChI is InChI=1S/C26H31N3O6/c1-3-34-23(30)13-12-22(29-16-18-15-19(27)10-11-20(18)25(29)32)24(31)28-21(26(33)35-4-2)14-17-8-6-5-7-9-17/h5-11,15,21-22H,3-4,12-14,16,27H2,1-2H3,(H,28,31)/t21-,22-/m0/s1. The number of carbonyl (C=O) groups is 4. The van der Waals surface area contributed by atoms with Crippen molar-refractivity contribution in [3.8, 4) is 0 Å². The summed E-state index contributed by atoms with van der Waals surface area (Å²) >= 11 is 0. The molecule has 0 fully saturated rings. The minimum Gasteiger partial charge on any atom is -0.466 e. The van der Waals surface area contributed by atoms with Gasteiger partial charge in [-0.15, -0.1) is 0 Å². The number of hydrogen-bond donors (Lipinski definition) is 2. The van der Waals surface area contributed by atoms with E-state index in [1.807, 2.05) is 30.3 Å². The molecule has 2 amide bonds. The summed E-state index contributed by atoms with van der Waals surface area (Å²) in [6, 6.07) is 12.2. The highest BCUT2D eigenvalue weighted by atomic mass is 16.5. The maximum atomic E-state index is 13.5. The number of benzene rings is 2. The SMILES string of the molecule is CCOC(=O)CC[C@@H](C(=O)N[C@@H](Cc1ccccc1)C(=O)OCC)N1Cc2cc(N)ccc2C1=O. The lowest BCUT2D eigenvalue weighted by atomic mass is 10.0. The van der Waals surface area contributed by atoms with Gasteiger partial charge in [0, 0.05) is 30.6 Å². The molecule has 0 unspecified atom stereocenters. The first kappa shape index (κ1) is 25.7. The molecule has 0 spiro atoms. The lowest BCUT2D eigenvalue weighted by molar-refractivity contribution is -0.148. The van der Waals surface area contributed by atoms with Crippen molar-refractivity contribution in [2.75, 3.05) is 18.9 Å². The van der Waals surface area contributed by atoms with Gasteiger partial charge in [-0.05, 0) is 49.6 Å². The summed E-state index contributed by atoms with van der Waals surface area (Å²) in [6.45, 7) is 3.93. The molecule has 186 valence electrons. The van der Waals surface area contributed by atoms with Crippen LogP contribution in [0.25, 0.3) is 0 Å². The second-order valence-electron chi connectivity index (χ2n) is 8.21. The van der Waals surface area contributed by atoms with Crippen LogP contribution in [0.2, 0.25) is 0 Å². The largest absolute Gasteiger partial charge is 0.466 e. The number of nitrogen functional groups attached to an aromatic ring is 1. The molecule has 1 aliphatic heterocycles. The van der Waals surface area contributed by atoms with E-state index in [0.717, 1.165) is 5.56 Å². The van der Waals surface area contributed by atoms with Gasteiger partial charge in [0.15, 0.2) is 0 Å². The van der Waals surface area contributed by atoms with Crippen LogP contribution in [0.4, 0.5) is 5.69 Å². The predicted molar refractivity (Wildman–Crippen MR) is 129 cm³/mol. The summed E-state index contributed by atoms with van der Waals surface area (Å²) in [5, 5.41) is 2.76. The van der Waals surface area contributed by atoms with Gasteiger partial charge in [-0.1, -0.05) is 30.3 Å². The van der Waals surface area contributed by atoms with Crippen molar-refractivity contribution in [3.05, 3.63) is 65.2 Å². The molecule has 0 aromatic heterocycles. The molecular formula is C26H31N3O6. The molecule has 1 aliphatic rings. The van der Waals surface area contributed by atoms with Crippen LogP contribution in [0.15, 0.2) is 48.5 Å². The average molecular weight is 482 g/mol. The summed E-state index contributed by atoms with van der Waals surface area (Å²) in [5.41, 5.74) is 8.38. The minimum absolute atomic E-state index is 0.0424. The highest BCUT2D eigenvalue weighted by molar-refractivity contribution is 6.02. The fourth-order valence-electron chi connectivity index (χ4n) is 4.08. The summed E-state index contributed by atoms with van der Waals surface area (Å²) in [4.78, 5) is 52.7. The summed E-state index contributed by atoms with van der Waals surface area (Å²) < 4.78 is 10.2. The van der Waals surface area contributed by atoms with Crippen LogP contribution in [-0.4, -0.2) is 54.0 Å². The number of nitrogens with two attached hydrogens (primary N) is 1. The molecule has 0 aliphatic carbocycles. The molecule has 1 heterocycles. The number of nitrogens with zero attached hydrogens (tertiary/aromatic N) is 1. The van der Waals surface area contributed by atoms with Crippen molar-refractivity contribution in [2.45, 2.75) is 51.7 Å². The van der Waals surface area contributed by atoms with E-state index in [0.29, 0.717) is 16.8 Å². The van der Waals surface area contributed by atoms with E-state index in [9.17, 15) is 19.2 Å². The quantitative estimate of drug-likeness (QED) is 0.372. The van der Waals surface area contributed by atoms with Crippen LogP contribution >= 0.6 is 0 Å². The Morgan fingerprint density at radius 3 is 2.46 bits per heavy atom. The third kappa shape index (κ3) is 6.59. The van der Waals surface area contributed by atoms with Crippen LogP contribution in [0.1, 0.15) is 48.2 Å². The average Bonchev–Trinajstić information content (AvgIpc) is 3.15. The number of hydrogen-bond acceptors (Lipinski definition) is 7. The lowest BCUT2D eigenvalue weighted by Crippen LogP contribution is -2.52. The van der Waals surface area contributed by atoms with E-state index >= 15 is 0 Å². The third-order valence-electron chi connectivity index (χ3n) is 5.74. The zero-order valence-electron chi connectivity index (χ0n) is 20.0. The first-order chi connectivity index (χ1) is 16.8. The van der Waals surface area contributed by atoms with Crippen molar-refractivity contribution in [2.24, 2.45) is 0 Å². The second kappa shape index (κ2) is 12.0. The van der Waals surface area contributed by atoms with Gasteiger partial charge in [0.05, 0.1) is 13.2 Å². The number of anilines is 1. The van der Waals surface area contributed by atoms with E-state index in [4.69, 9.17) is 15.2 Å². The van der Waals surface area contributed by atoms with Gasteiger partial charge in [-0.3, -0.25) is 14.4 Å². The molecule has 0 saturated carbocycles. The number of fused-ring (bicyclic) bond motifs is 1. The Hall–Kier alpha value is -3.88. The Morgan fingerprint density at radius 1 is 1.06 bits per heavy atom. The predicted octanol–water partition coefficient (Wildman–Crippen LogP) is 2.23. The summed E-state index contributed by atoms with van der Waals surface area (Å²) in [5.74, 6) is -1.92. The Labute approximate surface area is 204 Å². The first-order valence-corrected chi connectivity index (χ1v) is 11.7. The molecular weight excluding hydrogens is 450 g/mol. The highest BCUT2D eigenvalue weighted by Crippen LogP contribution is 2.28. The number of rotatable bonds is 11. The number of carbonyl (C=O) groups excluding carboxylic acids is 4. The van der Waals surface area contributed by atoms with Crippen LogP contribution in [0.3, 0.4) is 0 Å². The van der Waals surface area contributed by atoms with E-state index in [1.54, 1.807) is 32.0 Å². The maximum Gasteiger partial charge on any atom is 0.328 e.